The maximum absolute atomic E-state index is 12.3. The van der Waals surface area contributed by atoms with Gasteiger partial charge in [0.15, 0.2) is 0 Å². The number of nitrogens with one attached hydrogen (secondary N) is 1. The van der Waals surface area contributed by atoms with Gasteiger partial charge in [-0.1, -0.05) is 28.8 Å². The predicted octanol–water partition coefficient (Wildman–Crippen LogP) is 2.95. The summed E-state index contributed by atoms with van der Waals surface area (Å²) in [6, 6.07) is 7.27. The van der Waals surface area contributed by atoms with Crippen LogP contribution in [0.3, 0.4) is 0 Å². The zero-order valence-corrected chi connectivity index (χ0v) is 14.3. The smallest absolute Gasteiger partial charge is 0.233 e. The van der Waals surface area contributed by atoms with Crippen LogP contribution in [0.5, 0.6) is 0 Å². The number of likely N-dealkylation sites (tertiary alicyclic amines) is 1. The summed E-state index contributed by atoms with van der Waals surface area (Å²) in [4.78, 5) is 38.0. The van der Waals surface area contributed by atoms with Gasteiger partial charge in [-0.15, -0.1) is 0 Å². The molecule has 0 spiro atoms. The van der Waals surface area contributed by atoms with Gasteiger partial charge in [-0.25, -0.2) is 0 Å². The summed E-state index contributed by atoms with van der Waals surface area (Å²) in [5, 5.41) is 2.78. The zero-order chi connectivity index (χ0) is 16.4. The van der Waals surface area contributed by atoms with Crippen molar-refractivity contribution in [3.8, 4) is 0 Å². The number of amides is 3. The molecule has 3 amide bonds. The van der Waals surface area contributed by atoms with Crippen LogP contribution >= 0.6 is 15.9 Å². The minimum atomic E-state index is -0.192. The van der Waals surface area contributed by atoms with Crippen LogP contribution in [0.2, 0.25) is 0 Å². The summed E-state index contributed by atoms with van der Waals surface area (Å²) in [7, 11) is 0. The Labute approximate surface area is 143 Å². The lowest BCUT2D eigenvalue weighted by molar-refractivity contribution is -0.140. The number of fused-ring (bicyclic) bond motifs is 1. The highest BCUT2D eigenvalue weighted by molar-refractivity contribution is 9.10. The van der Waals surface area contributed by atoms with Gasteiger partial charge >= 0.3 is 0 Å². The third kappa shape index (κ3) is 3.47. The van der Waals surface area contributed by atoms with Crippen molar-refractivity contribution in [3.63, 3.8) is 0 Å². The van der Waals surface area contributed by atoms with E-state index < -0.39 is 0 Å². The van der Waals surface area contributed by atoms with Crippen molar-refractivity contribution in [1.29, 1.82) is 0 Å². The van der Waals surface area contributed by atoms with E-state index in [4.69, 9.17) is 0 Å². The average Bonchev–Trinajstić information content (AvgIpc) is 2.80. The molecule has 122 valence electrons. The quantitative estimate of drug-likeness (QED) is 0.818. The molecule has 1 saturated carbocycles. The Kier molecular flexibility index (Phi) is 4.80. The normalized spacial score (nSPS) is 23.8. The summed E-state index contributed by atoms with van der Waals surface area (Å²) >= 11 is 3.34. The van der Waals surface area contributed by atoms with Gasteiger partial charge < -0.3 is 5.32 Å². The molecule has 2 atom stereocenters. The molecule has 1 aromatic carbocycles. The molecule has 0 bridgehead atoms. The molecular formula is C17H19BrN2O3. The number of nitrogens with zero attached hydrogens (tertiary/aromatic N) is 1. The number of carbonyl (C=O) groups is 3. The highest BCUT2D eigenvalue weighted by Crippen LogP contribution is 2.37. The van der Waals surface area contributed by atoms with Crippen LogP contribution in [0.4, 0.5) is 5.69 Å². The first-order valence-electron chi connectivity index (χ1n) is 7.97. The third-order valence-electron chi connectivity index (χ3n) is 4.62. The van der Waals surface area contributed by atoms with Gasteiger partial charge in [0.05, 0.1) is 11.8 Å². The fraction of sp³-hybridized carbons (Fsp3) is 0.471. The second-order valence-corrected chi connectivity index (χ2v) is 7.05. The molecule has 1 heterocycles. The van der Waals surface area contributed by atoms with E-state index in [-0.39, 0.29) is 42.5 Å². The maximum Gasteiger partial charge on any atom is 0.233 e. The van der Waals surface area contributed by atoms with Gasteiger partial charge in [-0.3, -0.25) is 19.3 Å². The van der Waals surface area contributed by atoms with Gasteiger partial charge in [-0.2, -0.15) is 0 Å². The molecule has 1 aliphatic heterocycles. The SMILES string of the molecule is O=C(CCN1C(=O)[C@@H]2CCCC[C@H]2C1=O)Nc1ccc(Br)cc1. The van der Waals surface area contributed by atoms with Crippen molar-refractivity contribution in [3.05, 3.63) is 28.7 Å². The topological polar surface area (TPSA) is 66.5 Å². The molecule has 1 saturated heterocycles. The van der Waals surface area contributed by atoms with E-state index in [0.717, 1.165) is 30.2 Å². The van der Waals surface area contributed by atoms with Crippen LogP contribution in [0.15, 0.2) is 28.7 Å². The van der Waals surface area contributed by atoms with Crippen LogP contribution in [0, 0.1) is 11.8 Å². The second kappa shape index (κ2) is 6.83. The zero-order valence-electron chi connectivity index (χ0n) is 12.8. The van der Waals surface area contributed by atoms with E-state index in [2.05, 4.69) is 21.2 Å². The van der Waals surface area contributed by atoms with Crippen molar-refractivity contribution in [1.82, 2.24) is 4.90 Å². The first-order chi connectivity index (χ1) is 11.1. The number of hydrogen-bond acceptors (Lipinski definition) is 3. The minimum absolute atomic E-state index is 0.0869. The van der Waals surface area contributed by atoms with E-state index in [1.807, 2.05) is 12.1 Å². The molecule has 6 heteroatoms. The van der Waals surface area contributed by atoms with Crippen molar-refractivity contribution in [2.45, 2.75) is 32.1 Å². The molecule has 0 radical (unpaired) electrons. The van der Waals surface area contributed by atoms with E-state index in [1.54, 1.807) is 12.1 Å². The first kappa shape index (κ1) is 16.2. The second-order valence-electron chi connectivity index (χ2n) is 6.13. The largest absolute Gasteiger partial charge is 0.326 e. The molecule has 5 nitrogen and oxygen atoms in total. The van der Waals surface area contributed by atoms with Crippen molar-refractivity contribution < 1.29 is 14.4 Å². The fourth-order valence-electron chi connectivity index (χ4n) is 3.42. The Morgan fingerprint density at radius 3 is 2.22 bits per heavy atom. The molecule has 2 fully saturated rings. The third-order valence-corrected chi connectivity index (χ3v) is 5.15. The number of rotatable bonds is 4. The summed E-state index contributed by atoms with van der Waals surface area (Å²) in [5.74, 6) is -0.661. The minimum Gasteiger partial charge on any atom is -0.326 e. The number of hydrogen-bond donors (Lipinski definition) is 1. The molecule has 2 aliphatic rings. The lowest BCUT2D eigenvalue weighted by atomic mass is 9.81. The number of imide groups is 1. The van der Waals surface area contributed by atoms with Crippen LogP contribution in [-0.2, 0) is 14.4 Å². The van der Waals surface area contributed by atoms with Gasteiger partial charge in [0, 0.05) is 23.1 Å². The van der Waals surface area contributed by atoms with E-state index in [9.17, 15) is 14.4 Å². The summed E-state index contributed by atoms with van der Waals surface area (Å²) in [6.45, 7) is 0.174. The Bertz CT molecular complexity index is 605. The Morgan fingerprint density at radius 2 is 1.65 bits per heavy atom. The number of halogens is 1. The van der Waals surface area contributed by atoms with Gasteiger partial charge in [-0.05, 0) is 37.1 Å². The van der Waals surface area contributed by atoms with Gasteiger partial charge in [0.25, 0.3) is 0 Å². The number of benzene rings is 1. The summed E-state index contributed by atoms with van der Waals surface area (Å²) in [6.07, 6.45) is 3.76. The molecule has 1 aliphatic carbocycles. The van der Waals surface area contributed by atoms with Crippen LogP contribution in [-0.4, -0.2) is 29.2 Å². The summed E-state index contributed by atoms with van der Waals surface area (Å²) < 4.78 is 0.936. The lowest BCUT2D eigenvalue weighted by Gasteiger charge is -2.19. The highest BCUT2D eigenvalue weighted by Gasteiger charge is 2.47. The molecule has 1 aromatic rings. The van der Waals surface area contributed by atoms with E-state index in [0.29, 0.717) is 5.69 Å². The van der Waals surface area contributed by atoms with Crippen molar-refractivity contribution >= 4 is 39.3 Å². The van der Waals surface area contributed by atoms with Crippen LogP contribution in [0.25, 0.3) is 0 Å². The maximum atomic E-state index is 12.3. The van der Waals surface area contributed by atoms with Crippen molar-refractivity contribution in [2.75, 3.05) is 11.9 Å². The predicted molar refractivity (Wildman–Crippen MR) is 89.6 cm³/mol. The Balaban J connectivity index is 1.55. The summed E-state index contributed by atoms with van der Waals surface area (Å²) in [5.41, 5.74) is 0.700. The number of carbonyl (C=O) groups excluding carboxylic acids is 3. The molecule has 1 N–H and O–H groups in total. The molecular weight excluding hydrogens is 360 g/mol. The highest BCUT2D eigenvalue weighted by atomic mass is 79.9. The van der Waals surface area contributed by atoms with Crippen molar-refractivity contribution in [2.24, 2.45) is 11.8 Å². The van der Waals surface area contributed by atoms with Gasteiger partial charge in [0.2, 0.25) is 17.7 Å². The Hall–Kier alpha value is -1.69. The molecule has 0 aromatic heterocycles. The standard InChI is InChI=1S/C17H19BrN2O3/c18-11-5-7-12(8-6-11)19-15(21)9-10-20-16(22)13-3-1-2-4-14(13)17(20)23/h5-8,13-14H,1-4,9-10H2,(H,19,21)/t13-,14-/m1/s1. The van der Waals surface area contributed by atoms with Crippen LogP contribution in [0.1, 0.15) is 32.1 Å². The monoisotopic (exact) mass is 378 g/mol. The Morgan fingerprint density at radius 1 is 1.09 bits per heavy atom. The molecule has 0 unspecified atom stereocenters. The average molecular weight is 379 g/mol. The van der Waals surface area contributed by atoms with Crippen LogP contribution < -0.4 is 5.32 Å². The molecule has 3 rings (SSSR count). The van der Waals surface area contributed by atoms with E-state index in [1.165, 1.54) is 4.90 Å². The van der Waals surface area contributed by atoms with E-state index >= 15 is 0 Å². The number of anilines is 1. The van der Waals surface area contributed by atoms with Gasteiger partial charge in [0.1, 0.15) is 0 Å². The fourth-order valence-corrected chi connectivity index (χ4v) is 3.69. The lowest BCUT2D eigenvalue weighted by Crippen LogP contribution is -2.34. The molecule has 23 heavy (non-hydrogen) atoms. The first-order valence-corrected chi connectivity index (χ1v) is 8.76.